The molecule has 0 fully saturated rings. The predicted octanol–water partition coefficient (Wildman–Crippen LogP) is 6.07. The highest BCUT2D eigenvalue weighted by Gasteiger charge is 2.23. The summed E-state index contributed by atoms with van der Waals surface area (Å²) in [6.45, 7) is 10.4. The van der Waals surface area contributed by atoms with Crippen molar-refractivity contribution in [2.24, 2.45) is 0 Å². The lowest BCUT2D eigenvalue weighted by atomic mass is 10.0. The topological polar surface area (TPSA) is 77.2 Å². The zero-order valence-corrected chi connectivity index (χ0v) is 17.3. The highest BCUT2D eigenvalue weighted by atomic mass is 35.5. The smallest absolute Gasteiger partial charge is 0.294 e. The highest BCUT2D eigenvalue weighted by Crippen LogP contribution is 2.32. The van der Waals surface area contributed by atoms with Gasteiger partial charge in [-0.2, -0.15) is 0 Å². The van der Waals surface area contributed by atoms with E-state index in [-0.39, 0.29) is 16.4 Å². The maximum Gasteiger partial charge on any atom is 0.294 e. The fourth-order valence-corrected chi connectivity index (χ4v) is 3.62. The maximum atomic E-state index is 13.2. The first kappa shape index (κ1) is 20.6. The van der Waals surface area contributed by atoms with E-state index in [4.69, 9.17) is 11.6 Å². The van der Waals surface area contributed by atoms with Crippen LogP contribution in [0.2, 0.25) is 5.02 Å². The minimum Gasteiger partial charge on any atom is -0.332 e. The average molecular weight is 412 g/mol. The number of carbonyl (C=O) groups is 1. The van der Waals surface area contributed by atoms with E-state index in [2.05, 4.69) is 37.9 Å². The molecule has 2 aromatic carbocycles. The Kier molecular flexibility index (Phi) is 5.75. The molecule has 1 heterocycles. The van der Waals surface area contributed by atoms with Gasteiger partial charge in [0, 0.05) is 28.5 Å². The van der Waals surface area contributed by atoms with Crippen LogP contribution in [0.5, 0.6) is 0 Å². The Balaban J connectivity index is 2.12. The maximum absolute atomic E-state index is 13.2. The Morgan fingerprint density at radius 2 is 2.03 bits per heavy atom. The van der Waals surface area contributed by atoms with Crippen LogP contribution in [0.3, 0.4) is 0 Å². The van der Waals surface area contributed by atoms with Crippen LogP contribution >= 0.6 is 11.6 Å². The lowest BCUT2D eigenvalue weighted by molar-refractivity contribution is -0.383. The minimum absolute atomic E-state index is 0.0991. The van der Waals surface area contributed by atoms with E-state index in [1.54, 1.807) is 6.08 Å². The molecule has 0 aliphatic heterocycles. The fraction of sp³-hybridized carbons (Fsp3) is 0.227. The summed E-state index contributed by atoms with van der Waals surface area (Å²) in [5.41, 5.74) is 3.21. The predicted molar refractivity (Wildman–Crippen MR) is 117 cm³/mol. The minimum atomic E-state index is -0.567. The number of aryl methyl sites for hydroxylation is 1. The van der Waals surface area contributed by atoms with E-state index in [0.717, 1.165) is 16.5 Å². The largest absolute Gasteiger partial charge is 0.332 e. The Bertz CT molecular complexity index is 1130. The van der Waals surface area contributed by atoms with Gasteiger partial charge in [-0.05, 0) is 48.2 Å². The molecule has 7 heteroatoms. The van der Waals surface area contributed by atoms with Gasteiger partial charge in [0.15, 0.2) is 0 Å². The third-order valence-corrected chi connectivity index (χ3v) is 5.17. The Morgan fingerprint density at radius 3 is 2.66 bits per heavy atom. The van der Waals surface area contributed by atoms with Crippen LogP contribution in [0.4, 0.5) is 11.4 Å². The normalized spacial score (nSPS) is 11.1. The van der Waals surface area contributed by atoms with Crippen LogP contribution in [0.25, 0.3) is 10.9 Å². The summed E-state index contributed by atoms with van der Waals surface area (Å²) in [6, 6.07) is 10.3. The fourth-order valence-electron chi connectivity index (χ4n) is 3.45. The first-order chi connectivity index (χ1) is 13.7. The lowest BCUT2D eigenvalue weighted by Gasteiger charge is -2.11. The number of benzene rings is 2. The number of hydrogen-bond acceptors (Lipinski definition) is 3. The van der Waals surface area contributed by atoms with E-state index >= 15 is 0 Å². The van der Waals surface area contributed by atoms with Gasteiger partial charge in [0.25, 0.3) is 11.6 Å². The number of nitrogens with zero attached hydrogens (tertiary/aromatic N) is 2. The summed E-state index contributed by atoms with van der Waals surface area (Å²) in [7, 11) is 0. The van der Waals surface area contributed by atoms with Crippen LogP contribution in [0.1, 0.15) is 41.4 Å². The van der Waals surface area contributed by atoms with Crippen molar-refractivity contribution in [1.82, 2.24) is 4.57 Å². The van der Waals surface area contributed by atoms with Crippen LogP contribution in [-0.4, -0.2) is 15.4 Å². The molecule has 0 aliphatic rings. The van der Waals surface area contributed by atoms with Gasteiger partial charge in [-0.25, -0.2) is 0 Å². The molecule has 6 nitrogen and oxygen atoms in total. The van der Waals surface area contributed by atoms with Gasteiger partial charge in [-0.1, -0.05) is 37.6 Å². The summed E-state index contributed by atoms with van der Waals surface area (Å²) in [5, 5.41) is 15.2. The monoisotopic (exact) mass is 411 g/mol. The van der Waals surface area contributed by atoms with Gasteiger partial charge in [-0.15, -0.1) is 6.58 Å². The quantitative estimate of drug-likeness (QED) is 0.303. The van der Waals surface area contributed by atoms with E-state index < -0.39 is 10.8 Å². The summed E-state index contributed by atoms with van der Waals surface area (Å²) in [6.07, 6.45) is 1.72. The molecule has 0 saturated carbocycles. The second kappa shape index (κ2) is 8.09. The number of carbonyl (C=O) groups excluding carboxylic acids is 1. The standard InChI is InChI=1S/C22H22ClN3O3/c1-5-10-25-19-9-6-15(13(2)3)11-17(19)14(4)21(25)22(27)24-18-8-7-16(23)12-20(18)26(28)29/h5-9,11-13H,1,10H2,2-4H3,(H,24,27). The van der Waals surface area contributed by atoms with Crippen molar-refractivity contribution >= 4 is 39.8 Å². The SMILES string of the molecule is C=CCn1c(C(=O)Nc2ccc(Cl)cc2[N+](=O)[O-])c(C)c2cc(C(C)C)ccc21. The second-order valence-corrected chi connectivity index (χ2v) is 7.61. The number of nitro groups is 1. The Morgan fingerprint density at radius 1 is 1.31 bits per heavy atom. The summed E-state index contributed by atoms with van der Waals surface area (Å²) in [4.78, 5) is 23.9. The lowest BCUT2D eigenvalue weighted by Crippen LogP contribution is -2.18. The Labute approximate surface area is 173 Å². The molecule has 0 atom stereocenters. The van der Waals surface area contributed by atoms with Crippen molar-refractivity contribution in [1.29, 1.82) is 0 Å². The molecule has 0 saturated heterocycles. The molecule has 3 aromatic rings. The molecule has 3 rings (SSSR count). The van der Waals surface area contributed by atoms with Gasteiger partial charge in [0.05, 0.1) is 4.92 Å². The number of rotatable bonds is 6. The van der Waals surface area contributed by atoms with Crippen molar-refractivity contribution in [3.8, 4) is 0 Å². The first-order valence-corrected chi connectivity index (χ1v) is 9.61. The number of nitrogens with one attached hydrogen (secondary N) is 1. The highest BCUT2D eigenvalue weighted by molar-refractivity contribution is 6.31. The van der Waals surface area contributed by atoms with Gasteiger partial charge >= 0.3 is 0 Å². The van der Waals surface area contributed by atoms with E-state index in [1.807, 2.05) is 17.6 Å². The first-order valence-electron chi connectivity index (χ1n) is 9.23. The van der Waals surface area contributed by atoms with Crippen molar-refractivity contribution in [3.63, 3.8) is 0 Å². The van der Waals surface area contributed by atoms with Gasteiger partial charge in [-0.3, -0.25) is 14.9 Å². The Hall–Kier alpha value is -3.12. The summed E-state index contributed by atoms with van der Waals surface area (Å²) >= 11 is 5.87. The molecule has 150 valence electrons. The molecule has 1 aromatic heterocycles. The van der Waals surface area contributed by atoms with Crippen LogP contribution < -0.4 is 5.32 Å². The van der Waals surface area contributed by atoms with Crippen molar-refractivity contribution in [2.75, 3.05) is 5.32 Å². The molecule has 0 spiro atoms. The number of aromatic nitrogens is 1. The van der Waals surface area contributed by atoms with Gasteiger partial charge < -0.3 is 9.88 Å². The number of hydrogen-bond donors (Lipinski definition) is 1. The number of allylic oxidation sites excluding steroid dienone is 1. The van der Waals surface area contributed by atoms with E-state index in [0.29, 0.717) is 18.2 Å². The molecule has 0 radical (unpaired) electrons. The number of anilines is 1. The zero-order chi connectivity index (χ0) is 21.3. The van der Waals surface area contributed by atoms with Gasteiger partial charge in [0.1, 0.15) is 11.4 Å². The number of halogens is 1. The van der Waals surface area contributed by atoms with Crippen molar-refractivity contribution in [2.45, 2.75) is 33.2 Å². The number of amides is 1. The number of fused-ring (bicyclic) bond motifs is 1. The van der Waals surface area contributed by atoms with Crippen LogP contribution in [0, 0.1) is 17.0 Å². The molecule has 1 amide bonds. The van der Waals surface area contributed by atoms with Crippen LogP contribution in [0.15, 0.2) is 49.1 Å². The van der Waals surface area contributed by atoms with Crippen molar-refractivity contribution in [3.05, 3.63) is 81.0 Å². The summed E-state index contributed by atoms with van der Waals surface area (Å²) < 4.78 is 1.87. The zero-order valence-electron chi connectivity index (χ0n) is 16.5. The van der Waals surface area contributed by atoms with Crippen molar-refractivity contribution < 1.29 is 9.72 Å². The second-order valence-electron chi connectivity index (χ2n) is 7.18. The molecule has 29 heavy (non-hydrogen) atoms. The van der Waals surface area contributed by atoms with E-state index in [9.17, 15) is 14.9 Å². The average Bonchev–Trinajstić information content (AvgIpc) is 2.95. The summed E-state index contributed by atoms with van der Waals surface area (Å²) in [5.74, 6) is -0.0624. The molecular formula is C22H22ClN3O3. The molecular weight excluding hydrogens is 390 g/mol. The van der Waals surface area contributed by atoms with Crippen LogP contribution in [-0.2, 0) is 6.54 Å². The third kappa shape index (κ3) is 3.89. The van der Waals surface area contributed by atoms with Gasteiger partial charge in [0.2, 0.25) is 0 Å². The third-order valence-electron chi connectivity index (χ3n) is 4.94. The van der Waals surface area contributed by atoms with E-state index in [1.165, 1.54) is 23.8 Å². The molecule has 0 unspecified atom stereocenters. The number of nitro benzene ring substituents is 1. The molecule has 0 aliphatic carbocycles. The molecule has 1 N–H and O–H groups in total. The molecule has 0 bridgehead atoms.